The number of nitrogens with one attached hydrogen (secondary N) is 1. The molecule has 0 radical (unpaired) electrons. The van der Waals surface area contributed by atoms with E-state index in [2.05, 4.69) is 53.5 Å². The molecule has 1 aliphatic carbocycles. The molecule has 1 saturated carbocycles. The Morgan fingerprint density at radius 1 is 1.56 bits per heavy atom. The number of rotatable bonds is 6. The minimum atomic E-state index is 0.291. The highest BCUT2D eigenvalue weighted by Crippen LogP contribution is 2.46. The summed E-state index contributed by atoms with van der Waals surface area (Å²) < 4.78 is 7.05. The lowest BCUT2D eigenvalue weighted by Crippen LogP contribution is -2.61. The van der Waals surface area contributed by atoms with Gasteiger partial charge in [0, 0.05) is 34.0 Å². The van der Waals surface area contributed by atoms with Crippen LogP contribution in [0.15, 0.2) is 15.9 Å². The smallest absolute Gasteiger partial charge is 0.0658 e. The van der Waals surface area contributed by atoms with E-state index in [1.54, 1.807) is 11.3 Å². The van der Waals surface area contributed by atoms with Crippen LogP contribution in [-0.4, -0.2) is 18.8 Å². The third kappa shape index (κ3) is 2.67. The molecule has 3 atom stereocenters. The second-order valence-electron chi connectivity index (χ2n) is 5.16. The van der Waals surface area contributed by atoms with Crippen LogP contribution in [0.3, 0.4) is 0 Å². The SMILES string of the molecule is CCOC1CC(NCc2sccc2Br)C1(C)CC. The number of hydrogen-bond donors (Lipinski definition) is 1. The van der Waals surface area contributed by atoms with Crippen molar-refractivity contribution >= 4 is 27.3 Å². The molecule has 1 fully saturated rings. The van der Waals surface area contributed by atoms with E-state index in [0.717, 1.165) is 19.6 Å². The molecule has 0 amide bonds. The molecule has 0 saturated heterocycles. The molecule has 0 spiro atoms. The number of ether oxygens (including phenoxy) is 1. The lowest BCUT2D eigenvalue weighted by molar-refractivity contribution is -0.126. The fourth-order valence-electron chi connectivity index (χ4n) is 2.73. The zero-order valence-corrected chi connectivity index (χ0v) is 13.7. The average Bonchev–Trinajstić information content (AvgIpc) is 2.77. The van der Waals surface area contributed by atoms with Gasteiger partial charge >= 0.3 is 0 Å². The van der Waals surface area contributed by atoms with Crippen LogP contribution in [0.5, 0.6) is 0 Å². The summed E-state index contributed by atoms with van der Waals surface area (Å²) in [6, 6.07) is 2.69. The summed E-state index contributed by atoms with van der Waals surface area (Å²) in [5.41, 5.74) is 0.291. The van der Waals surface area contributed by atoms with E-state index in [9.17, 15) is 0 Å². The molecule has 0 aromatic carbocycles. The molecule has 1 aromatic heterocycles. The second kappa shape index (κ2) is 6.04. The summed E-state index contributed by atoms with van der Waals surface area (Å²) in [7, 11) is 0. The maximum atomic E-state index is 5.83. The van der Waals surface area contributed by atoms with Crippen molar-refractivity contribution in [1.29, 1.82) is 0 Å². The van der Waals surface area contributed by atoms with Crippen molar-refractivity contribution in [1.82, 2.24) is 5.32 Å². The zero-order chi connectivity index (χ0) is 13.2. The average molecular weight is 332 g/mol. The van der Waals surface area contributed by atoms with E-state index < -0.39 is 0 Å². The third-order valence-electron chi connectivity index (χ3n) is 4.31. The van der Waals surface area contributed by atoms with Crippen LogP contribution in [0.1, 0.15) is 38.5 Å². The molecule has 4 heteroatoms. The molecule has 1 N–H and O–H groups in total. The van der Waals surface area contributed by atoms with Gasteiger partial charge in [-0.1, -0.05) is 13.8 Å². The van der Waals surface area contributed by atoms with Crippen LogP contribution in [0.25, 0.3) is 0 Å². The van der Waals surface area contributed by atoms with Gasteiger partial charge in [0.05, 0.1) is 6.10 Å². The van der Waals surface area contributed by atoms with Crippen molar-refractivity contribution in [3.8, 4) is 0 Å². The van der Waals surface area contributed by atoms with E-state index >= 15 is 0 Å². The normalized spacial score (nSPS) is 31.3. The van der Waals surface area contributed by atoms with Crippen LogP contribution in [0.2, 0.25) is 0 Å². The Morgan fingerprint density at radius 2 is 2.33 bits per heavy atom. The van der Waals surface area contributed by atoms with Gasteiger partial charge in [0.25, 0.3) is 0 Å². The maximum absolute atomic E-state index is 5.83. The molecule has 1 aromatic rings. The quantitative estimate of drug-likeness (QED) is 0.843. The Labute approximate surface area is 122 Å². The first-order valence-corrected chi connectivity index (χ1v) is 8.36. The van der Waals surface area contributed by atoms with Crippen molar-refractivity contribution in [2.75, 3.05) is 6.61 Å². The minimum Gasteiger partial charge on any atom is -0.378 e. The second-order valence-corrected chi connectivity index (χ2v) is 7.02. The summed E-state index contributed by atoms with van der Waals surface area (Å²) in [5.74, 6) is 0. The third-order valence-corrected chi connectivity index (χ3v) is 6.24. The first-order chi connectivity index (χ1) is 8.61. The molecule has 18 heavy (non-hydrogen) atoms. The van der Waals surface area contributed by atoms with Gasteiger partial charge in [0.2, 0.25) is 0 Å². The first kappa shape index (κ1) is 14.5. The standard InChI is InChI=1S/C14H22BrNOS/c1-4-14(3)12(8-13(14)17-5-2)16-9-11-10(15)6-7-18-11/h6-7,12-13,16H,4-5,8-9H2,1-3H3. The summed E-state index contributed by atoms with van der Waals surface area (Å²) in [6.45, 7) is 8.47. The predicted molar refractivity (Wildman–Crippen MR) is 81.1 cm³/mol. The van der Waals surface area contributed by atoms with E-state index in [1.807, 2.05) is 0 Å². The highest BCUT2D eigenvalue weighted by Gasteiger charge is 2.50. The van der Waals surface area contributed by atoms with Gasteiger partial charge in [-0.25, -0.2) is 0 Å². The Morgan fingerprint density at radius 3 is 2.89 bits per heavy atom. The van der Waals surface area contributed by atoms with Gasteiger partial charge in [-0.2, -0.15) is 0 Å². The van der Waals surface area contributed by atoms with Crippen molar-refractivity contribution in [2.24, 2.45) is 5.41 Å². The molecule has 3 unspecified atom stereocenters. The summed E-state index contributed by atoms with van der Waals surface area (Å²) in [5, 5.41) is 5.82. The monoisotopic (exact) mass is 331 g/mol. The molecule has 102 valence electrons. The summed E-state index contributed by atoms with van der Waals surface area (Å²) in [6.07, 6.45) is 2.74. The number of hydrogen-bond acceptors (Lipinski definition) is 3. The largest absolute Gasteiger partial charge is 0.378 e. The molecular formula is C14H22BrNOS. The summed E-state index contributed by atoms with van der Waals surface area (Å²) in [4.78, 5) is 1.38. The molecule has 2 rings (SSSR count). The van der Waals surface area contributed by atoms with Crippen LogP contribution >= 0.6 is 27.3 Å². The topological polar surface area (TPSA) is 21.3 Å². The Hall–Kier alpha value is 0.100. The van der Waals surface area contributed by atoms with Gasteiger partial charge in [0.15, 0.2) is 0 Å². The van der Waals surface area contributed by atoms with E-state index in [0.29, 0.717) is 17.6 Å². The molecular weight excluding hydrogens is 310 g/mol. The number of halogens is 1. The molecule has 1 heterocycles. The fourth-order valence-corrected chi connectivity index (χ4v) is 4.18. The zero-order valence-electron chi connectivity index (χ0n) is 11.3. The van der Waals surface area contributed by atoms with E-state index in [-0.39, 0.29) is 0 Å². The van der Waals surface area contributed by atoms with Gasteiger partial charge in [-0.15, -0.1) is 11.3 Å². The Balaban J connectivity index is 1.89. The highest BCUT2D eigenvalue weighted by atomic mass is 79.9. The van der Waals surface area contributed by atoms with Crippen molar-refractivity contribution in [3.05, 3.63) is 20.8 Å². The minimum absolute atomic E-state index is 0.291. The van der Waals surface area contributed by atoms with Crippen LogP contribution < -0.4 is 5.32 Å². The van der Waals surface area contributed by atoms with Crippen molar-refractivity contribution in [2.45, 2.75) is 52.3 Å². The Kier molecular flexibility index (Phi) is 4.86. The van der Waals surface area contributed by atoms with E-state index in [4.69, 9.17) is 4.74 Å². The summed E-state index contributed by atoms with van der Waals surface area (Å²) >= 11 is 5.39. The van der Waals surface area contributed by atoms with E-state index in [1.165, 1.54) is 15.8 Å². The highest BCUT2D eigenvalue weighted by molar-refractivity contribution is 9.10. The lowest BCUT2D eigenvalue weighted by Gasteiger charge is -2.53. The van der Waals surface area contributed by atoms with Crippen LogP contribution in [-0.2, 0) is 11.3 Å². The van der Waals surface area contributed by atoms with Crippen LogP contribution in [0, 0.1) is 5.41 Å². The number of thiophene rings is 1. The van der Waals surface area contributed by atoms with Crippen LogP contribution in [0.4, 0.5) is 0 Å². The van der Waals surface area contributed by atoms with Gasteiger partial charge in [-0.3, -0.25) is 0 Å². The maximum Gasteiger partial charge on any atom is 0.0658 e. The molecule has 2 nitrogen and oxygen atoms in total. The molecule has 0 bridgehead atoms. The van der Waals surface area contributed by atoms with Gasteiger partial charge in [-0.05, 0) is 47.1 Å². The predicted octanol–water partition coefficient (Wildman–Crippen LogP) is 4.19. The lowest BCUT2D eigenvalue weighted by atomic mass is 9.61. The van der Waals surface area contributed by atoms with Crippen molar-refractivity contribution in [3.63, 3.8) is 0 Å². The first-order valence-electron chi connectivity index (χ1n) is 6.68. The Bertz CT molecular complexity index is 395. The fraction of sp³-hybridized carbons (Fsp3) is 0.714. The van der Waals surface area contributed by atoms with Gasteiger partial charge in [0.1, 0.15) is 0 Å². The van der Waals surface area contributed by atoms with Gasteiger partial charge < -0.3 is 10.1 Å². The molecule has 1 aliphatic rings. The van der Waals surface area contributed by atoms with Crippen molar-refractivity contribution < 1.29 is 4.74 Å². The molecule has 0 aliphatic heterocycles.